The molecule has 1 aromatic rings. The van der Waals surface area contributed by atoms with E-state index < -0.39 is 10.0 Å². The summed E-state index contributed by atoms with van der Waals surface area (Å²) in [6, 6.07) is 10.5. The van der Waals surface area contributed by atoms with Crippen molar-refractivity contribution in [3.63, 3.8) is 0 Å². The van der Waals surface area contributed by atoms with Gasteiger partial charge in [0.2, 0.25) is 0 Å². The van der Waals surface area contributed by atoms with Crippen molar-refractivity contribution in [1.29, 1.82) is 15.8 Å². The molecule has 0 saturated carbocycles. The zero-order chi connectivity index (χ0) is 17.6. The summed E-state index contributed by atoms with van der Waals surface area (Å²) in [7, 11) is -3.73. The Morgan fingerprint density at radius 3 is 2.29 bits per heavy atom. The van der Waals surface area contributed by atoms with E-state index in [-0.39, 0.29) is 16.2 Å². The van der Waals surface area contributed by atoms with Crippen LogP contribution in [-0.4, -0.2) is 25.9 Å². The molecule has 1 aliphatic rings. The Bertz CT molecular complexity index is 911. The van der Waals surface area contributed by atoms with Gasteiger partial charge in [-0.3, -0.25) is 9.71 Å². The molecule has 1 heterocycles. The van der Waals surface area contributed by atoms with Crippen LogP contribution in [-0.2, 0) is 10.0 Å². The van der Waals surface area contributed by atoms with Crippen molar-refractivity contribution in [2.75, 3.05) is 17.6 Å². The van der Waals surface area contributed by atoms with Crippen molar-refractivity contribution in [3.8, 4) is 18.2 Å². The summed E-state index contributed by atoms with van der Waals surface area (Å²) in [5, 5.41) is 29.5. The van der Waals surface area contributed by atoms with E-state index in [1.54, 1.807) is 18.2 Å². The number of benzene rings is 1. The molecule has 0 atom stereocenters. The molecule has 120 valence electrons. The average Bonchev–Trinajstić information content (AvgIpc) is 3.07. The predicted octanol–water partition coefficient (Wildman–Crippen LogP) is 1.30. The average molecular weight is 358 g/mol. The number of rotatable bonds is 4. The normalized spacial score (nSPS) is 13.0. The maximum Gasteiger partial charge on any atom is 0.263 e. The summed E-state index contributed by atoms with van der Waals surface area (Å²) in [4.78, 5) is 4.06. The molecule has 0 unspecified atom stereocenters. The monoisotopic (exact) mass is 358 g/mol. The first kappa shape index (κ1) is 17.4. The molecule has 8 nitrogen and oxygen atoms in total. The maximum absolute atomic E-state index is 12.2. The van der Waals surface area contributed by atoms with E-state index in [0.29, 0.717) is 17.4 Å². The standard InChI is InChI=1S/C14H10N6O2S2/c15-7-10(8-16)13(9-17)19-11-1-3-12(4-2-11)24(21,22)20-14-18-5-6-23-14/h1-4,19H,5-6H2,(H,18,20). The van der Waals surface area contributed by atoms with Gasteiger partial charge >= 0.3 is 0 Å². The molecular weight excluding hydrogens is 348 g/mol. The number of nitriles is 3. The molecular formula is C14H10N6O2S2. The van der Waals surface area contributed by atoms with Crippen molar-refractivity contribution in [3.05, 3.63) is 35.5 Å². The number of thioether (sulfide) groups is 1. The third kappa shape index (κ3) is 4.05. The van der Waals surface area contributed by atoms with Gasteiger partial charge in [0.1, 0.15) is 23.9 Å². The van der Waals surface area contributed by atoms with Crippen LogP contribution in [0.25, 0.3) is 0 Å². The minimum atomic E-state index is -3.73. The number of hydrogen-bond acceptors (Lipinski definition) is 8. The number of hydrogen-bond donors (Lipinski definition) is 2. The number of allylic oxidation sites excluding steroid dienone is 2. The van der Waals surface area contributed by atoms with Crippen LogP contribution < -0.4 is 10.0 Å². The molecule has 0 aliphatic carbocycles. The lowest BCUT2D eigenvalue weighted by Crippen LogP contribution is -2.27. The minimum absolute atomic E-state index is 0.0338. The van der Waals surface area contributed by atoms with Crippen LogP contribution in [0.15, 0.2) is 45.4 Å². The molecule has 0 aromatic heterocycles. The van der Waals surface area contributed by atoms with Crippen LogP contribution in [0.4, 0.5) is 5.69 Å². The Kier molecular flexibility index (Phi) is 5.43. The van der Waals surface area contributed by atoms with Gasteiger partial charge in [0, 0.05) is 11.4 Å². The zero-order valence-corrected chi connectivity index (χ0v) is 13.8. The lowest BCUT2D eigenvalue weighted by atomic mass is 10.2. The Balaban J connectivity index is 2.19. The molecule has 0 bridgehead atoms. The number of nitrogens with zero attached hydrogens (tertiary/aromatic N) is 4. The highest BCUT2D eigenvalue weighted by Gasteiger charge is 2.18. The molecule has 1 aromatic carbocycles. The van der Waals surface area contributed by atoms with E-state index in [4.69, 9.17) is 15.8 Å². The van der Waals surface area contributed by atoms with Crippen LogP contribution in [0.3, 0.4) is 0 Å². The quantitative estimate of drug-likeness (QED) is 0.772. The molecule has 0 saturated heterocycles. The van der Waals surface area contributed by atoms with Gasteiger partial charge in [0.15, 0.2) is 10.7 Å². The third-order valence-corrected chi connectivity index (χ3v) is 5.20. The van der Waals surface area contributed by atoms with E-state index in [1.807, 2.05) is 0 Å². The lowest BCUT2D eigenvalue weighted by molar-refractivity contribution is 0.593. The summed E-state index contributed by atoms with van der Waals surface area (Å²) in [5.41, 5.74) is -0.182. The first-order valence-corrected chi connectivity index (χ1v) is 8.99. The lowest BCUT2D eigenvalue weighted by Gasteiger charge is -2.09. The van der Waals surface area contributed by atoms with E-state index >= 15 is 0 Å². The second-order valence-corrected chi connectivity index (χ2v) is 7.14. The van der Waals surface area contributed by atoms with Gasteiger partial charge < -0.3 is 5.32 Å². The minimum Gasteiger partial charge on any atom is -0.345 e. The Hall–Kier alpha value is -3.00. The summed E-state index contributed by atoms with van der Waals surface area (Å²) >= 11 is 1.33. The first-order valence-electron chi connectivity index (χ1n) is 6.52. The topological polar surface area (TPSA) is 142 Å². The fourth-order valence-electron chi connectivity index (χ4n) is 1.72. The molecule has 1 aliphatic heterocycles. The van der Waals surface area contributed by atoms with Crippen LogP contribution in [0.1, 0.15) is 0 Å². The smallest absolute Gasteiger partial charge is 0.263 e. The van der Waals surface area contributed by atoms with Gasteiger partial charge in [-0.25, -0.2) is 8.42 Å². The van der Waals surface area contributed by atoms with E-state index in [9.17, 15) is 8.42 Å². The van der Waals surface area contributed by atoms with Crippen LogP contribution in [0.2, 0.25) is 0 Å². The van der Waals surface area contributed by atoms with E-state index in [1.165, 1.54) is 36.0 Å². The van der Waals surface area contributed by atoms with Crippen molar-refractivity contribution in [2.45, 2.75) is 4.90 Å². The molecule has 0 amide bonds. The van der Waals surface area contributed by atoms with Crippen LogP contribution in [0.5, 0.6) is 0 Å². The van der Waals surface area contributed by atoms with E-state index in [0.717, 1.165) is 5.75 Å². The van der Waals surface area contributed by atoms with E-state index in [2.05, 4.69) is 15.0 Å². The van der Waals surface area contributed by atoms with Gasteiger partial charge in [0.25, 0.3) is 10.0 Å². The molecule has 0 spiro atoms. The Labute approximate surface area is 143 Å². The van der Waals surface area contributed by atoms with Crippen molar-refractivity contribution < 1.29 is 8.42 Å². The zero-order valence-electron chi connectivity index (χ0n) is 12.1. The number of amidine groups is 1. The predicted molar refractivity (Wildman–Crippen MR) is 89.0 cm³/mol. The van der Waals surface area contributed by atoms with Crippen molar-refractivity contribution >= 4 is 32.6 Å². The summed E-state index contributed by atoms with van der Waals surface area (Å²) in [5.74, 6) is 0.740. The molecule has 10 heteroatoms. The van der Waals surface area contributed by atoms with Crippen LogP contribution >= 0.6 is 11.8 Å². The van der Waals surface area contributed by atoms with Gasteiger partial charge in [0.05, 0.1) is 11.4 Å². The molecule has 0 fully saturated rings. The summed E-state index contributed by atoms with van der Waals surface area (Å²) in [6.07, 6.45) is 0. The number of aliphatic imine (C=N–C) groups is 1. The highest BCUT2D eigenvalue weighted by molar-refractivity contribution is 8.15. The largest absolute Gasteiger partial charge is 0.345 e. The SMILES string of the molecule is N#CC(C#N)=C(C#N)Nc1ccc(S(=O)(=O)NC2=NCCS2)cc1. The molecule has 2 N–H and O–H groups in total. The van der Waals surface area contributed by atoms with Gasteiger partial charge in [-0.1, -0.05) is 11.8 Å². The summed E-state index contributed by atoms with van der Waals surface area (Å²) < 4.78 is 26.8. The van der Waals surface area contributed by atoms with Gasteiger partial charge in [-0.2, -0.15) is 15.8 Å². The Morgan fingerprint density at radius 1 is 1.12 bits per heavy atom. The molecule has 0 radical (unpaired) electrons. The maximum atomic E-state index is 12.2. The molecule has 2 rings (SSSR count). The van der Waals surface area contributed by atoms with Crippen molar-refractivity contribution in [2.24, 2.45) is 4.99 Å². The second kappa shape index (κ2) is 7.51. The number of nitrogens with one attached hydrogen (secondary N) is 2. The second-order valence-electron chi connectivity index (χ2n) is 4.38. The van der Waals surface area contributed by atoms with Crippen molar-refractivity contribution in [1.82, 2.24) is 4.72 Å². The number of sulfonamides is 1. The number of anilines is 1. The highest BCUT2D eigenvalue weighted by Crippen LogP contribution is 2.18. The fraction of sp³-hybridized carbons (Fsp3) is 0.143. The third-order valence-electron chi connectivity index (χ3n) is 2.83. The van der Waals surface area contributed by atoms with Gasteiger partial charge in [-0.15, -0.1) is 0 Å². The summed E-state index contributed by atoms with van der Waals surface area (Å²) in [6.45, 7) is 0.578. The van der Waals surface area contributed by atoms with Gasteiger partial charge in [-0.05, 0) is 24.3 Å². The highest BCUT2D eigenvalue weighted by atomic mass is 32.2. The molecule has 24 heavy (non-hydrogen) atoms. The first-order chi connectivity index (χ1) is 11.5. The van der Waals surface area contributed by atoms with Crippen LogP contribution in [0, 0.1) is 34.0 Å². The fourth-order valence-corrected chi connectivity index (χ4v) is 3.75. The Morgan fingerprint density at radius 2 is 1.79 bits per heavy atom.